The number of nitrogens with one attached hydrogen (secondary N) is 2. The van der Waals surface area contributed by atoms with E-state index in [1.165, 1.54) is 18.2 Å². The van der Waals surface area contributed by atoms with Gasteiger partial charge < -0.3 is 10.6 Å². The van der Waals surface area contributed by atoms with Crippen molar-refractivity contribution in [3.8, 4) is 0 Å². The van der Waals surface area contributed by atoms with Gasteiger partial charge in [0.2, 0.25) is 0 Å². The molecule has 0 fully saturated rings. The molecule has 0 aromatic heterocycles. The van der Waals surface area contributed by atoms with E-state index >= 15 is 0 Å². The SMILES string of the molecule is O=C(NCc1ccc(Cl)cc1Cl)c1ccc(NC2=C(Cl)C(=O)N(c3ccc(Cl)c(Cl)c3)C2=O)cc1. The van der Waals surface area contributed by atoms with Gasteiger partial charge in [-0.3, -0.25) is 14.4 Å². The van der Waals surface area contributed by atoms with Crippen LogP contribution in [0.3, 0.4) is 0 Å². The van der Waals surface area contributed by atoms with Crippen molar-refractivity contribution in [2.45, 2.75) is 6.54 Å². The Bertz CT molecular complexity index is 1390. The summed E-state index contributed by atoms with van der Waals surface area (Å²) in [5.41, 5.74) is 1.69. The summed E-state index contributed by atoms with van der Waals surface area (Å²) in [6, 6.07) is 15.7. The Morgan fingerprint density at radius 2 is 1.49 bits per heavy atom. The number of carbonyl (C=O) groups is 3. The second kappa shape index (κ2) is 10.5. The van der Waals surface area contributed by atoms with E-state index in [-0.39, 0.29) is 38.9 Å². The lowest BCUT2D eigenvalue weighted by Gasteiger charge is -2.15. The predicted octanol–water partition coefficient (Wildman–Crippen LogP) is 6.67. The van der Waals surface area contributed by atoms with Crippen LogP contribution in [0.1, 0.15) is 15.9 Å². The quantitative estimate of drug-likeness (QED) is 0.325. The molecule has 0 saturated carbocycles. The zero-order valence-electron chi connectivity index (χ0n) is 17.5. The number of halogens is 5. The minimum Gasteiger partial charge on any atom is -0.350 e. The molecule has 1 aliphatic rings. The van der Waals surface area contributed by atoms with Gasteiger partial charge in [-0.1, -0.05) is 64.1 Å². The summed E-state index contributed by atoms with van der Waals surface area (Å²) in [6.45, 7) is 0.221. The molecule has 4 rings (SSSR count). The van der Waals surface area contributed by atoms with Gasteiger partial charge in [0.25, 0.3) is 17.7 Å². The van der Waals surface area contributed by atoms with E-state index in [0.29, 0.717) is 21.3 Å². The highest BCUT2D eigenvalue weighted by molar-refractivity contribution is 6.53. The van der Waals surface area contributed by atoms with Gasteiger partial charge in [-0.25, -0.2) is 4.90 Å². The average molecular weight is 570 g/mol. The molecule has 11 heteroatoms. The number of imide groups is 1. The molecule has 0 unspecified atom stereocenters. The van der Waals surface area contributed by atoms with Gasteiger partial charge in [0.05, 0.1) is 15.7 Å². The number of benzene rings is 3. The lowest BCUT2D eigenvalue weighted by atomic mass is 10.1. The van der Waals surface area contributed by atoms with E-state index in [1.54, 1.807) is 42.5 Å². The number of rotatable bonds is 6. The molecule has 1 aliphatic heterocycles. The second-order valence-corrected chi connectivity index (χ2v) is 9.39. The summed E-state index contributed by atoms with van der Waals surface area (Å²) >= 11 is 30.1. The predicted molar refractivity (Wildman–Crippen MR) is 140 cm³/mol. The Kier molecular flexibility index (Phi) is 7.59. The highest BCUT2D eigenvalue weighted by Crippen LogP contribution is 2.33. The molecule has 0 aliphatic carbocycles. The standard InChI is InChI=1S/C24H14Cl5N3O3/c25-14-4-1-13(18(27)9-14)11-30-22(33)12-2-5-15(6-3-12)31-21-20(29)23(34)32(24(21)35)16-7-8-17(26)19(28)10-16/h1-10,31H,11H2,(H,30,33). The summed E-state index contributed by atoms with van der Waals surface area (Å²) in [7, 11) is 0. The first-order chi connectivity index (χ1) is 16.7. The molecule has 0 atom stereocenters. The number of anilines is 2. The maximum absolute atomic E-state index is 12.9. The molecule has 3 aromatic rings. The van der Waals surface area contributed by atoms with Crippen LogP contribution in [0.25, 0.3) is 0 Å². The first-order valence-electron chi connectivity index (χ1n) is 9.98. The van der Waals surface area contributed by atoms with E-state index in [2.05, 4.69) is 10.6 Å². The van der Waals surface area contributed by atoms with Gasteiger partial charge in [-0.15, -0.1) is 0 Å². The monoisotopic (exact) mass is 567 g/mol. The highest BCUT2D eigenvalue weighted by Gasteiger charge is 2.39. The first-order valence-corrected chi connectivity index (χ1v) is 11.9. The highest BCUT2D eigenvalue weighted by atomic mass is 35.5. The third kappa shape index (κ3) is 5.42. The molecule has 3 amide bonds. The number of nitrogens with zero attached hydrogens (tertiary/aromatic N) is 1. The van der Waals surface area contributed by atoms with Crippen LogP contribution < -0.4 is 15.5 Å². The summed E-state index contributed by atoms with van der Waals surface area (Å²) in [5.74, 6) is -1.67. The Labute approximate surface area is 225 Å². The summed E-state index contributed by atoms with van der Waals surface area (Å²) < 4.78 is 0. The smallest absolute Gasteiger partial charge is 0.283 e. The fourth-order valence-corrected chi connectivity index (χ4v) is 4.24. The molecule has 178 valence electrons. The molecular weight excluding hydrogens is 556 g/mol. The molecule has 6 nitrogen and oxygen atoms in total. The van der Waals surface area contributed by atoms with E-state index in [1.807, 2.05) is 0 Å². The lowest BCUT2D eigenvalue weighted by Crippen LogP contribution is -2.32. The van der Waals surface area contributed by atoms with Crippen LogP contribution in [0.5, 0.6) is 0 Å². The van der Waals surface area contributed by atoms with Crippen molar-refractivity contribution in [3.05, 3.63) is 103 Å². The van der Waals surface area contributed by atoms with Gasteiger partial charge in [0.15, 0.2) is 0 Å². The molecular formula is C24H14Cl5N3O3. The van der Waals surface area contributed by atoms with Crippen LogP contribution in [0, 0.1) is 0 Å². The topological polar surface area (TPSA) is 78.5 Å². The summed E-state index contributed by atoms with van der Waals surface area (Å²) in [4.78, 5) is 38.9. The molecule has 35 heavy (non-hydrogen) atoms. The van der Waals surface area contributed by atoms with E-state index in [9.17, 15) is 14.4 Å². The first kappa shape index (κ1) is 25.4. The molecule has 0 bridgehead atoms. The fourth-order valence-electron chi connectivity index (χ4n) is 3.26. The van der Waals surface area contributed by atoms with Gasteiger partial charge in [-0.2, -0.15) is 0 Å². The minimum absolute atomic E-state index is 0.0997. The van der Waals surface area contributed by atoms with Crippen LogP contribution in [-0.4, -0.2) is 17.7 Å². The Hall–Kier alpha value is -2.74. The third-order valence-corrected chi connectivity index (χ3v) is 6.74. The molecule has 2 N–H and O–H groups in total. The van der Waals surface area contributed by atoms with Crippen molar-refractivity contribution in [2.75, 3.05) is 10.2 Å². The van der Waals surface area contributed by atoms with Gasteiger partial charge >= 0.3 is 0 Å². The molecule has 0 spiro atoms. The van der Waals surface area contributed by atoms with Gasteiger partial charge in [0, 0.05) is 27.8 Å². The van der Waals surface area contributed by atoms with Crippen LogP contribution in [0.15, 0.2) is 71.4 Å². The zero-order chi connectivity index (χ0) is 25.3. The van der Waals surface area contributed by atoms with Crippen molar-refractivity contribution in [3.63, 3.8) is 0 Å². The van der Waals surface area contributed by atoms with Gasteiger partial charge in [-0.05, 0) is 60.2 Å². The second-order valence-electron chi connectivity index (χ2n) is 7.35. The third-order valence-electron chi connectivity index (χ3n) is 5.06. The average Bonchev–Trinajstić information content (AvgIpc) is 3.03. The number of carbonyl (C=O) groups excluding carboxylic acids is 3. The molecule has 0 saturated heterocycles. The van der Waals surface area contributed by atoms with Crippen LogP contribution in [-0.2, 0) is 16.1 Å². The maximum atomic E-state index is 12.9. The van der Waals surface area contributed by atoms with Crippen molar-refractivity contribution < 1.29 is 14.4 Å². The van der Waals surface area contributed by atoms with Crippen LogP contribution in [0.4, 0.5) is 11.4 Å². The van der Waals surface area contributed by atoms with E-state index in [4.69, 9.17) is 58.0 Å². The Morgan fingerprint density at radius 3 is 2.14 bits per heavy atom. The number of hydrogen-bond acceptors (Lipinski definition) is 4. The molecule has 3 aromatic carbocycles. The van der Waals surface area contributed by atoms with Crippen molar-refractivity contribution in [1.82, 2.24) is 5.32 Å². The van der Waals surface area contributed by atoms with Crippen molar-refractivity contribution >= 4 is 87.1 Å². The lowest BCUT2D eigenvalue weighted by molar-refractivity contribution is -0.120. The van der Waals surface area contributed by atoms with Crippen LogP contribution >= 0.6 is 58.0 Å². The summed E-state index contributed by atoms with van der Waals surface area (Å²) in [5, 5.41) is 6.78. The Morgan fingerprint density at radius 1 is 0.771 bits per heavy atom. The normalized spacial score (nSPS) is 13.5. The largest absolute Gasteiger partial charge is 0.350 e. The van der Waals surface area contributed by atoms with Crippen LogP contribution in [0.2, 0.25) is 20.1 Å². The minimum atomic E-state index is -0.700. The van der Waals surface area contributed by atoms with E-state index in [0.717, 1.165) is 10.5 Å². The number of amides is 3. The van der Waals surface area contributed by atoms with Crippen molar-refractivity contribution in [2.24, 2.45) is 0 Å². The van der Waals surface area contributed by atoms with Crippen molar-refractivity contribution in [1.29, 1.82) is 0 Å². The fraction of sp³-hybridized carbons (Fsp3) is 0.0417. The maximum Gasteiger partial charge on any atom is 0.283 e. The number of hydrogen-bond donors (Lipinski definition) is 2. The zero-order valence-corrected chi connectivity index (χ0v) is 21.3. The van der Waals surface area contributed by atoms with E-state index < -0.39 is 11.8 Å². The molecule has 1 heterocycles. The summed E-state index contributed by atoms with van der Waals surface area (Å²) in [6.07, 6.45) is 0. The Balaban J connectivity index is 1.44. The van der Waals surface area contributed by atoms with Gasteiger partial charge in [0.1, 0.15) is 10.7 Å². The molecule has 0 radical (unpaired) electrons.